The van der Waals surface area contributed by atoms with Crippen molar-refractivity contribution in [3.63, 3.8) is 0 Å². The second kappa shape index (κ2) is 6.34. The van der Waals surface area contributed by atoms with Gasteiger partial charge in [0.2, 0.25) is 0 Å². The number of benzene rings is 1. The van der Waals surface area contributed by atoms with Gasteiger partial charge in [-0.25, -0.2) is 0 Å². The maximum atomic E-state index is 9.22. The van der Waals surface area contributed by atoms with Crippen LogP contribution in [-0.2, 0) is 11.3 Å². The Kier molecular flexibility index (Phi) is 5.39. The van der Waals surface area contributed by atoms with Crippen molar-refractivity contribution in [1.82, 2.24) is 0 Å². The van der Waals surface area contributed by atoms with E-state index in [2.05, 4.69) is 0 Å². The van der Waals surface area contributed by atoms with Gasteiger partial charge in [0.05, 0.1) is 13.2 Å². The molecule has 0 saturated heterocycles. The molecule has 2 atom stereocenters. The predicted octanol–water partition coefficient (Wildman–Crippen LogP) is 1.32. The van der Waals surface area contributed by atoms with Gasteiger partial charge in [0.1, 0.15) is 10.2 Å². The van der Waals surface area contributed by atoms with E-state index in [9.17, 15) is 5.11 Å². The second-order valence-electron chi connectivity index (χ2n) is 2.94. The van der Waals surface area contributed by atoms with E-state index in [1.165, 1.54) is 0 Å². The summed E-state index contributed by atoms with van der Waals surface area (Å²) in [6.07, 6.45) is -0.820. The summed E-state index contributed by atoms with van der Waals surface area (Å²) in [5.41, 5.74) is 1.06. The monoisotopic (exact) mass is 308 g/mol. The van der Waals surface area contributed by atoms with Crippen LogP contribution in [0.15, 0.2) is 30.3 Å². The number of aliphatic hydroxyl groups is 2. The van der Waals surface area contributed by atoms with Gasteiger partial charge >= 0.3 is 0 Å². The number of hydrogen-bond donors (Lipinski definition) is 2. The number of halogens is 1. The second-order valence-corrected chi connectivity index (χ2v) is 4.22. The first kappa shape index (κ1) is 11.9. The molecule has 1 aromatic rings. The zero-order valence-corrected chi connectivity index (χ0v) is 9.79. The first-order valence-corrected chi connectivity index (χ1v) is 5.56. The molecule has 0 aromatic heterocycles. The summed E-state index contributed by atoms with van der Waals surface area (Å²) < 4.78 is 4.45. The maximum Gasteiger partial charge on any atom is 0.133 e. The lowest BCUT2D eigenvalue weighted by Gasteiger charge is -2.12. The molecule has 4 heteroatoms. The first-order valence-electron chi connectivity index (χ1n) is 4.32. The van der Waals surface area contributed by atoms with Crippen LogP contribution in [0, 0.1) is 0 Å². The molecular weight excluding hydrogens is 295 g/mol. The molecular formula is C10H13IO3. The van der Waals surface area contributed by atoms with Crippen molar-refractivity contribution in [3.05, 3.63) is 35.9 Å². The van der Waals surface area contributed by atoms with Crippen LogP contribution in [0.5, 0.6) is 0 Å². The highest BCUT2D eigenvalue weighted by Crippen LogP contribution is 2.05. The Balaban J connectivity index is 2.22. The summed E-state index contributed by atoms with van der Waals surface area (Å²) in [7, 11) is 0. The third-order valence-corrected chi connectivity index (χ3v) is 2.55. The van der Waals surface area contributed by atoms with E-state index in [0.29, 0.717) is 6.61 Å². The molecule has 0 saturated carbocycles. The predicted molar refractivity (Wildman–Crippen MR) is 62.1 cm³/mol. The van der Waals surface area contributed by atoms with Crippen LogP contribution in [0.1, 0.15) is 5.56 Å². The Labute approximate surface area is 96.9 Å². The van der Waals surface area contributed by atoms with Gasteiger partial charge in [-0.2, -0.15) is 0 Å². The number of aliphatic hydroxyl groups excluding tert-OH is 2. The highest BCUT2D eigenvalue weighted by molar-refractivity contribution is 14.1. The molecule has 0 aliphatic heterocycles. The molecule has 14 heavy (non-hydrogen) atoms. The van der Waals surface area contributed by atoms with Gasteiger partial charge in [0.25, 0.3) is 0 Å². The molecule has 1 aromatic carbocycles. The van der Waals surface area contributed by atoms with Crippen molar-refractivity contribution < 1.29 is 14.9 Å². The minimum Gasteiger partial charge on any atom is -0.387 e. The summed E-state index contributed by atoms with van der Waals surface area (Å²) >= 11 is 1.75. The molecule has 0 radical (unpaired) electrons. The van der Waals surface area contributed by atoms with E-state index in [0.717, 1.165) is 5.56 Å². The Hall–Kier alpha value is -0.170. The molecule has 0 aliphatic carbocycles. The third kappa shape index (κ3) is 4.36. The van der Waals surface area contributed by atoms with Crippen LogP contribution in [-0.4, -0.2) is 27.0 Å². The summed E-state index contributed by atoms with van der Waals surface area (Å²) in [6, 6.07) is 9.71. The quantitative estimate of drug-likeness (QED) is 0.637. The number of alkyl halides is 1. The van der Waals surface area contributed by atoms with Crippen LogP contribution < -0.4 is 0 Å². The fourth-order valence-corrected chi connectivity index (χ4v) is 1.16. The zero-order chi connectivity index (χ0) is 10.4. The van der Waals surface area contributed by atoms with Crippen molar-refractivity contribution in [2.24, 2.45) is 0 Å². The summed E-state index contributed by atoms with van der Waals surface area (Å²) in [5, 5.41) is 18.2. The Morgan fingerprint density at radius 1 is 1.21 bits per heavy atom. The zero-order valence-electron chi connectivity index (χ0n) is 7.64. The third-order valence-electron chi connectivity index (χ3n) is 1.72. The Bertz CT molecular complexity index is 251. The van der Waals surface area contributed by atoms with Gasteiger partial charge < -0.3 is 14.9 Å². The van der Waals surface area contributed by atoms with E-state index in [-0.39, 0.29) is 6.61 Å². The van der Waals surface area contributed by atoms with Crippen LogP contribution in [0.4, 0.5) is 0 Å². The van der Waals surface area contributed by atoms with Crippen LogP contribution in [0.2, 0.25) is 0 Å². The Morgan fingerprint density at radius 2 is 1.86 bits per heavy atom. The van der Waals surface area contributed by atoms with E-state index in [1.807, 2.05) is 30.3 Å². The first-order chi connectivity index (χ1) is 6.70. The minimum absolute atomic E-state index is 0.152. The van der Waals surface area contributed by atoms with Crippen molar-refractivity contribution in [2.45, 2.75) is 16.8 Å². The van der Waals surface area contributed by atoms with Crippen molar-refractivity contribution in [1.29, 1.82) is 0 Å². The van der Waals surface area contributed by atoms with Crippen LogP contribution >= 0.6 is 22.6 Å². The fraction of sp³-hybridized carbons (Fsp3) is 0.400. The van der Waals surface area contributed by atoms with Gasteiger partial charge in [-0.1, -0.05) is 30.3 Å². The number of rotatable bonds is 5. The van der Waals surface area contributed by atoms with E-state index < -0.39 is 10.2 Å². The highest BCUT2D eigenvalue weighted by Gasteiger charge is 2.11. The SMILES string of the molecule is OC(I)C(O)COCc1ccccc1. The average Bonchev–Trinajstić information content (AvgIpc) is 2.19. The summed E-state index contributed by atoms with van der Waals surface area (Å²) in [5.74, 6) is 0. The van der Waals surface area contributed by atoms with Gasteiger partial charge in [-0.05, 0) is 28.2 Å². The standard InChI is InChI=1S/C10H13IO3/c11-10(13)9(12)7-14-6-8-4-2-1-3-5-8/h1-5,9-10,12-13H,6-7H2. The van der Waals surface area contributed by atoms with Crippen molar-refractivity contribution in [2.75, 3.05) is 6.61 Å². The smallest absolute Gasteiger partial charge is 0.133 e. The van der Waals surface area contributed by atoms with E-state index >= 15 is 0 Å². The molecule has 0 amide bonds. The molecule has 2 N–H and O–H groups in total. The van der Waals surface area contributed by atoms with Crippen molar-refractivity contribution >= 4 is 22.6 Å². The molecule has 1 rings (SSSR count). The summed E-state index contributed by atoms with van der Waals surface area (Å²) in [6.45, 7) is 0.611. The molecule has 0 spiro atoms. The molecule has 2 unspecified atom stereocenters. The van der Waals surface area contributed by atoms with Crippen LogP contribution in [0.25, 0.3) is 0 Å². The molecule has 0 heterocycles. The average molecular weight is 308 g/mol. The van der Waals surface area contributed by atoms with Crippen LogP contribution in [0.3, 0.4) is 0 Å². The fourth-order valence-electron chi connectivity index (χ4n) is 0.951. The lowest BCUT2D eigenvalue weighted by Crippen LogP contribution is -2.25. The van der Waals surface area contributed by atoms with Gasteiger partial charge in [0, 0.05) is 0 Å². The van der Waals surface area contributed by atoms with E-state index in [4.69, 9.17) is 9.84 Å². The van der Waals surface area contributed by atoms with Gasteiger partial charge in [0.15, 0.2) is 0 Å². The highest BCUT2D eigenvalue weighted by atomic mass is 127. The lowest BCUT2D eigenvalue weighted by molar-refractivity contribution is -0.00622. The molecule has 0 fully saturated rings. The molecule has 3 nitrogen and oxygen atoms in total. The molecule has 0 aliphatic rings. The van der Waals surface area contributed by atoms with Gasteiger partial charge in [-0.15, -0.1) is 0 Å². The topological polar surface area (TPSA) is 49.7 Å². The van der Waals surface area contributed by atoms with E-state index in [1.54, 1.807) is 22.6 Å². The lowest BCUT2D eigenvalue weighted by atomic mass is 10.2. The van der Waals surface area contributed by atoms with Crippen molar-refractivity contribution in [3.8, 4) is 0 Å². The number of hydrogen-bond acceptors (Lipinski definition) is 3. The maximum absolute atomic E-state index is 9.22. The molecule has 0 bridgehead atoms. The summed E-state index contributed by atoms with van der Waals surface area (Å²) in [4.78, 5) is 0. The molecule has 78 valence electrons. The minimum atomic E-state index is -0.820. The normalized spacial score (nSPS) is 15.1. The van der Waals surface area contributed by atoms with Gasteiger partial charge in [-0.3, -0.25) is 0 Å². The number of ether oxygens (including phenoxy) is 1. The Morgan fingerprint density at radius 3 is 2.43 bits per heavy atom. The largest absolute Gasteiger partial charge is 0.387 e.